The molecule has 1 atom stereocenters. The van der Waals surface area contributed by atoms with Gasteiger partial charge in [-0.25, -0.2) is 4.79 Å². The summed E-state index contributed by atoms with van der Waals surface area (Å²) in [7, 11) is 0. The molecule has 0 aliphatic heterocycles. The van der Waals surface area contributed by atoms with Crippen molar-refractivity contribution in [1.82, 2.24) is 0 Å². The van der Waals surface area contributed by atoms with Crippen LogP contribution < -0.4 is 0 Å². The van der Waals surface area contributed by atoms with E-state index in [2.05, 4.69) is 6.92 Å². The zero-order valence-electron chi connectivity index (χ0n) is 14.7. The lowest BCUT2D eigenvalue weighted by Crippen LogP contribution is -2.38. The summed E-state index contributed by atoms with van der Waals surface area (Å²) in [5, 5.41) is 19.8. The fourth-order valence-electron chi connectivity index (χ4n) is 3.77. The van der Waals surface area contributed by atoms with Crippen LogP contribution >= 0.6 is 0 Å². The van der Waals surface area contributed by atoms with Gasteiger partial charge in [0.1, 0.15) is 0 Å². The summed E-state index contributed by atoms with van der Waals surface area (Å²) in [6.07, 6.45) is 9.80. The smallest absolute Gasteiger partial charge is 0.332 e. The third kappa shape index (κ3) is 5.08. The third-order valence-corrected chi connectivity index (χ3v) is 5.08. The summed E-state index contributed by atoms with van der Waals surface area (Å²) in [5.41, 5.74) is -0.100. The fourth-order valence-corrected chi connectivity index (χ4v) is 3.77. The van der Waals surface area contributed by atoms with Gasteiger partial charge in [-0.3, -0.25) is 4.79 Å². The van der Waals surface area contributed by atoms with Crippen molar-refractivity contribution in [3.63, 3.8) is 0 Å². The first-order chi connectivity index (χ1) is 11.0. The van der Waals surface area contributed by atoms with E-state index in [9.17, 15) is 19.8 Å². The fraction of sp³-hybridized carbons (Fsp3) is 0.789. The summed E-state index contributed by atoms with van der Waals surface area (Å²) in [6.45, 7) is 4.10. The molecule has 23 heavy (non-hydrogen) atoms. The molecular weight excluding hydrogens is 292 g/mol. The minimum absolute atomic E-state index is 0.217. The van der Waals surface area contributed by atoms with Crippen LogP contribution in [0.4, 0.5) is 0 Å². The number of rotatable bonds is 10. The lowest BCUT2D eigenvalue weighted by molar-refractivity contribution is -0.151. The molecule has 4 heteroatoms. The van der Waals surface area contributed by atoms with Crippen LogP contribution in [-0.4, -0.2) is 22.2 Å². The lowest BCUT2D eigenvalue weighted by atomic mass is 9.69. The molecule has 0 radical (unpaired) electrons. The van der Waals surface area contributed by atoms with Crippen molar-refractivity contribution in [3.05, 3.63) is 11.1 Å². The van der Waals surface area contributed by atoms with Crippen molar-refractivity contribution >= 4 is 11.9 Å². The van der Waals surface area contributed by atoms with Gasteiger partial charge in [0, 0.05) is 0 Å². The molecule has 4 nitrogen and oxygen atoms in total. The van der Waals surface area contributed by atoms with E-state index >= 15 is 0 Å². The molecule has 0 amide bonds. The summed E-state index contributed by atoms with van der Waals surface area (Å²) in [5.74, 6) is -1.96. The van der Waals surface area contributed by atoms with Crippen LogP contribution in [0.5, 0.6) is 0 Å². The van der Waals surface area contributed by atoms with Gasteiger partial charge in [0.15, 0.2) is 0 Å². The molecule has 1 saturated carbocycles. The molecule has 0 aromatic rings. The zero-order valence-corrected chi connectivity index (χ0v) is 14.7. The van der Waals surface area contributed by atoms with Crippen LogP contribution in [0.1, 0.15) is 90.9 Å². The van der Waals surface area contributed by atoms with Crippen molar-refractivity contribution in [1.29, 1.82) is 0 Å². The molecule has 1 rings (SSSR count). The van der Waals surface area contributed by atoms with Gasteiger partial charge < -0.3 is 10.2 Å². The number of allylic oxidation sites excluding steroid dienone is 1. The van der Waals surface area contributed by atoms with Crippen LogP contribution in [0.25, 0.3) is 0 Å². The van der Waals surface area contributed by atoms with Crippen molar-refractivity contribution in [2.75, 3.05) is 0 Å². The molecule has 1 aliphatic carbocycles. The molecule has 1 unspecified atom stereocenters. The topological polar surface area (TPSA) is 74.6 Å². The molecule has 0 aromatic heterocycles. The zero-order chi connectivity index (χ0) is 17.3. The van der Waals surface area contributed by atoms with Gasteiger partial charge in [-0.15, -0.1) is 0 Å². The Hall–Kier alpha value is -1.32. The van der Waals surface area contributed by atoms with E-state index in [4.69, 9.17) is 0 Å². The van der Waals surface area contributed by atoms with Crippen LogP contribution in [0.3, 0.4) is 0 Å². The van der Waals surface area contributed by atoms with E-state index in [0.29, 0.717) is 12.8 Å². The Balaban J connectivity index is 3.29. The molecule has 0 aromatic carbocycles. The minimum Gasteiger partial charge on any atom is -0.481 e. The first kappa shape index (κ1) is 19.7. The average Bonchev–Trinajstić information content (AvgIpc) is 2.53. The van der Waals surface area contributed by atoms with E-state index in [1.807, 2.05) is 6.92 Å². The van der Waals surface area contributed by atoms with Crippen LogP contribution in [0.15, 0.2) is 11.1 Å². The first-order valence-electron chi connectivity index (χ1n) is 9.18. The summed E-state index contributed by atoms with van der Waals surface area (Å²) in [6, 6.07) is 0. The van der Waals surface area contributed by atoms with Gasteiger partial charge in [-0.1, -0.05) is 57.9 Å². The van der Waals surface area contributed by atoms with E-state index in [1.54, 1.807) is 0 Å². The quantitative estimate of drug-likeness (QED) is 0.429. The maximum Gasteiger partial charge on any atom is 0.332 e. The molecule has 2 N–H and O–H groups in total. The number of unbranched alkanes of at least 4 members (excludes halogenated alkanes) is 3. The van der Waals surface area contributed by atoms with Crippen molar-refractivity contribution in [3.8, 4) is 0 Å². The van der Waals surface area contributed by atoms with E-state index in [1.165, 1.54) is 0 Å². The molecule has 0 spiro atoms. The summed E-state index contributed by atoms with van der Waals surface area (Å²) in [4.78, 5) is 24.2. The molecule has 0 saturated heterocycles. The molecule has 132 valence electrons. The highest BCUT2D eigenvalue weighted by atomic mass is 16.4. The first-order valence-corrected chi connectivity index (χ1v) is 9.18. The Labute approximate surface area is 140 Å². The Morgan fingerprint density at radius 2 is 1.48 bits per heavy atom. The monoisotopic (exact) mass is 324 g/mol. The summed E-state index contributed by atoms with van der Waals surface area (Å²) >= 11 is 0. The van der Waals surface area contributed by atoms with Crippen LogP contribution in [-0.2, 0) is 9.59 Å². The predicted molar refractivity (Wildman–Crippen MR) is 91.5 cm³/mol. The molecular formula is C19H32O4. The van der Waals surface area contributed by atoms with E-state index < -0.39 is 17.4 Å². The Kier molecular flexibility index (Phi) is 8.35. The normalized spacial score (nSPS) is 17.6. The highest BCUT2D eigenvalue weighted by Gasteiger charge is 2.45. The van der Waals surface area contributed by atoms with Gasteiger partial charge in [0.25, 0.3) is 0 Å². The standard InChI is InChI=1S/C19H32O4/c1-3-5-10-14-19(18(22)23,13-6-4-2)16(17(20)21)15-11-8-7-9-12-15/h3-14H2,1-2H3,(H,20,21)(H,22,23). The number of aliphatic carboxylic acids is 2. The average molecular weight is 324 g/mol. The molecule has 1 aliphatic rings. The minimum atomic E-state index is -1.20. The van der Waals surface area contributed by atoms with Gasteiger partial charge in [0.05, 0.1) is 11.0 Å². The van der Waals surface area contributed by atoms with E-state index in [0.717, 1.165) is 69.8 Å². The summed E-state index contributed by atoms with van der Waals surface area (Å²) < 4.78 is 0. The molecule has 0 bridgehead atoms. The van der Waals surface area contributed by atoms with Gasteiger partial charge >= 0.3 is 11.9 Å². The second kappa shape index (κ2) is 9.74. The predicted octanol–water partition coefficient (Wildman–Crippen LogP) is 5.17. The van der Waals surface area contributed by atoms with Crippen molar-refractivity contribution in [2.45, 2.75) is 90.9 Å². The van der Waals surface area contributed by atoms with Crippen molar-refractivity contribution in [2.24, 2.45) is 5.41 Å². The van der Waals surface area contributed by atoms with Gasteiger partial charge in [-0.2, -0.15) is 0 Å². The molecule has 1 fully saturated rings. The highest BCUT2D eigenvalue weighted by Crippen LogP contribution is 2.43. The second-order valence-electron chi connectivity index (χ2n) is 6.79. The largest absolute Gasteiger partial charge is 0.481 e. The molecule has 0 heterocycles. The SMILES string of the molecule is CCCCCC(CCCC)(C(=O)O)C(C(=O)O)=C1CCCCC1. The highest BCUT2D eigenvalue weighted by molar-refractivity contribution is 5.97. The second-order valence-corrected chi connectivity index (χ2v) is 6.79. The Bertz CT molecular complexity index is 431. The maximum atomic E-state index is 12.2. The third-order valence-electron chi connectivity index (χ3n) is 5.08. The van der Waals surface area contributed by atoms with Crippen LogP contribution in [0, 0.1) is 5.41 Å². The van der Waals surface area contributed by atoms with Gasteiger partial charge in [0.2, 0.25) is 0 Å². The number of hydrogen-bond donors (Lipinski definition) is 2. The number of carboxylic acid groups (broad SMARTS) is 2. The van der Waals surface area contributed by atoms with Gasteiger partial charge in [-0.05, 0) is 38.5 Å². The van der Waals surface area contributed by atoms with E-state index in [-0.39, 0.29) is 5.57 Å². The van der Waals surface area contributed by atoms with Crippen molar-refractivity contribution < 1.29 is 19.8 Å². The lowest BCUT2D eigenvalue weighted by Gasteiger charge is -2.33. The number of carbonyl (C=O) groups is 2. The Morgan fingerprint density at radius 3 is 1.96 bits per heavy atom. The van der Waals surface area contributed by atoms with Crippen LogP contribution in [0.2, 0.25) is 0 Å². The number of carboxylic acids is 2. The Morgan fingerprint density at radius 1 is 0.913 bits per heavy atom. The number of hydrogen-bond acceptors (Lipinski definition) is 2. The maximum absolute atomic E-state index is 12.2.